The topological polar surface area (TPSA) is 38.8 Å². The normalized spacial score (nSPS) is 11.9. The number of rotatable bonds is 28. The summed E-state index contributed by atoms with van der Waals surface area (Å²) >= 11 is 0. The molecule has 0 aliphatic rings. The summed E-state index contributed by atoms with van der Waals surface area (Å²) < 4.78 is 10.8. The van der Waals surface area contributed by atoms with Crippen LogP contribution in [0.4, 0.5) is 0 Å². The molecule has 0 aliphatic carbocycles. The van der Waals surface area contributed by atoms with Gasteiger partial charge in [0.05, 0.1) is 12.7 Å². The van der Waals surface area contributed by atoms with Crippen molar-refractivity contribution in [2.75, 3.05) is 33.4 Å². The van der Waals surface area contributed by atoms with E-state index in [2.05, 4.69) is 39.5 Å². The standard InChI is InChI=1S/C23H47NO2.C11H24O/c1-4-7-9-11-13-15-17-22-26-23(25)19-18-21-24(6-3)20-16-14-12-10-8-5-2;1-4-6-8-10-11(12-3)9-7-5-2/h4-22H2,1-3H3;11H,4-10H2,1-3H3. The molecule has 1 atom stereocenters. The summed E-state index contributed by atoms with van der Waals surface area (Å²) in [6, 6.07) is 0. The Labute approximate surface area is 240 Å². The van der Waals surface area contributed by atoms with E-state index in [9.17, 15) is 4.79 Å². The second-order valence-electron chi connectivity index (χ2n) is 11.1. The minimum atomic E-state index is -0.00778. The van der Waals surface area contributed by atoms with E-state index in [0.29, 0.717) is 19.1 Å². The largest absolute Gasteiger partial charge is 0.466 e. The molecule has 0 aliphatic heterocycles. The highest BCUT2D eigenvalue weighted by atomic mass is 16.5. The molecule has 1 unspecified atom stereocenters. The predicted octanol–water partition coefficient (Wildman–Crippen LogP) is 10.5. The second-order valence-corrected chi connectivity index (χ2v) is 11.1. The zero-order chi connectivity index (χ0) is 28.5. The molecule has 0 spiro atoms. The van der Waals surface area contributed by atoms with Crippen molar-refractivity contribution in [2.24, 2.45) is 0 Å². The number of carbonyl (C=O) groups excluding carboxylic acids is 1. The van der Waals surface area contributed by atoms with E-state index < -0.39 is 0 Å². The number of unbranched alkanes of at least 4 members (excludes halogenated alkanes) is 14. The number of hydrogen-bond donors (Lipinski definition) is 0. The zero-order valence-electron chi connectivity index (χ0n) is 27.1. The van der Waals surface area contributed by atoms with Gasteiger partial charge in [-0.25, -0.2) is 0 Å². The van der Waals surface area contributed by atoms with Gasteiger partial charge < -0.3 is 14.4 Å². The van der Waals surface area contributed by atoms with Crippen LogP contribution in [0.3, 0.4) is 0 Å². The van der Waals surface area contributed by atoms with E-state index >= 15 is 0 Å². The fraction of sp³-hybridized carbons (Fsp3) is 0.971. The number of ether oxygens (including phenoxy) is 2. The molecule has 0 aromatic carbocycles. The van der Waals surface area contributed by atoms with E-state index in [1.165, 1.54) is 129 Å². The molecule has 0 fully saturated rings. The van der Waals surface area contributed by atoms with Gasteiger partial charge in [-0.1, -0.05) is 137 Å². The Kier molecular flexibility index (Phi) is 35.8. The van der Waals surface area contributed by atoms with Gasteiger partial charge >= 0.3 is 5.97 Å². The van der Waals surface area contributed by atoms with Gasteiger partial charge in [0.1, 0.15) is 0 Å². The van der Waals surface area contributed by atoms with Crippen molar-refractivity contribution < 1.29 is 14.3 Å². The number of hydrogen-bond acceptors (Lipinski definition) is 4. The quantitative estimate of drug-likeness (QED) is 0.0729. The summed E-state index contributed by atoms with van der Waals surface area (Å²) in [7, 11) is 1.84. The third-order valence-electron chi connectivity index (χ3n) is 7.48. The third-order valence-corrected chi connectivity index (χ3v) is 7.48. The summed E-state index contributed by atoms with van der Waals surface area (Å²) in [6.45, 7) is 15.1. The molecule has 0 saturated heterocycles. The van der Waals surface area contributed by atoms with Crippen molar-refractivity contribution >= 4 is 5.97 Å². The molecule has 0 N–H and O–H groups in total. The SMILES string of the molecule is CCCCCC(CCCC)OC.CCCCCCCCCOC(=O)CCCN(CC)CCCCCCCC. The second kappa shape index (κ2) is 34.4. The molecule has 0 amide bonds. The molecule has 38 heavy (non-hydrogen) atoms. The van der Waals surface area contributed by atoms with Crippen LogP contribution in [0.25, 0.3) is 0 Å². The molecular weight excluding hydrogens is 470 g/mol. The smallest absolute Gasteiger partial charge is 0.305 e. The van der Waals surface area contributed by atoms with E-state index in [0.717, 1.165) is 25.9 Å². The maximum absolute atomic E-state index is 11.8. The molecule has 4 nitrogen and oxygen atoms in total. The lowest BCUT2D eigenvalue weighted by Crippen LogP contribution is -2.26. The first-order valence-electron chi connectivity index (χ1n) is 17.0. The Morgan fingerprint density at radius 3 is 1.61 bits per heavy atom. The van der Waals surface area contributed by atoms with Crippen molar-refractivity contribution in [1.82, 2.24) is 4.90 Å². The van der Waals surface area contributed by atoms with Crippen molar-refractivity contribution in [3.8, 4) is 0 Å². The minimum absolute atomic E-state index is 0.00778. The molecule has 0 rings (SSSR count). The van der Waals surface area contributed by atoms with Gasteiger partial charge in [0, 0.05) is 13.5 Å². The molecule has 0 aromatic rings. The maximum Gasteiger partial charge on any atom is 0.305 e. The van der Waals surface area contributed by atoms with Gasteiger partial charge in [0.15, 0.2) is 0 Å². The first kappa shape index (κ1) is 39.5. The van der Waals surface area contributed by atoms with Crippen LogP contribution in [0.2, 0.25) is 0 Å². The summed E-state index contributed by atoms with van der Waals surface area (Å²) in [5.74, 6) is -0.00778. The third kappa shape index (κ3) is 31.6. The Morgan fingerprint density at radius 1 is 0.579 bits per heavy atom. The van der Waals surface area contributed by atoms with E-state index in [1.54, 1.807) is 0 Å². The maximum atomic E-state index is 11.8. The van der Waals surface area contributed by atoms with Gasteiger partial charge in [0.25, 0.3) is 0 Å². The number of carbonyl (C=O) groups is 1. The first-order chi connectivity index (χ1) is 18.6. The number of nitrogens with zero attached hydrogens (tertiary/aromatic N) is 1. The first-order valence-corrected chi connectivity index (χ1v) is 17.0. The lowest BCUT2D eigenvalue weighted by molar-refractivity contribution is -0.143. The fourth-order valence-corrected chi connectivity index (χ4v) is 4.74. The molecule has 0 radical (unpaired) electrons. The predicted molar refractivity (Wildman–Crippen MR) is 168 cm³/mol. The average molecular weight is 542 g/mol. The Morgan fingerprint density at radius 2 is 1.05 bits per heavy atom. The summed E-state index contributed by atoms with van der Waals surface area (Å²) in [5.41, 5.74) is 0. The highest BCUT2D eigenvalue weighted by Gasteiger charge is 2.07. The van der Waals surface area contributed by atoms with Crippen LogP contribution in [0.5, 0.6) is 0 Å². The van der Waals surface area contributed by atoms with Gasteiger partial charge in [-0.15, -0.1) is 0 Å². The van der Waals surface area contributed by atoms with Crippen LogP contribution < -0.4 is 0 Å². The number of methoxy groups -OCH3 is 1. The molecule has 230 valence electrons. The van der Waals surface area contributed by atoms with Crippen LogP contribution in [0.15, 0.2) is 0 Å². The van der Waals surface area contributed by atoms with Crippen molar-refractivity contribution in [2.45, 2.75) is 182 Å². The average Bonchev–Trinajstić information content (AvgIpc) is 2.93. The Balaban J connectivity index is 0. The zero-order valence-corrected chi connectivity index (χ0v) is 27.1. The Bertz CT molecular complexity index is 443. The van der Waals surface area contributed by atoms with Crippen LogP contribution in [0, 0.1) is 0 Å². The highest BCUT2D eigenvalue weighted by Crippen LogP contribution is 2.12. The van der Waals surface area contributed by atoms with Gasteiger partial charge in [-0.3, -0.25) is 4.79 Å². The summed E-state index contributed by atoms with van der Waals surface area (Å²) in [6.07, 6.45) is 28.0. The molecule has 4 heteroatoms. The fourth-order valence-electron chi connectivity index (χ4n) is 4.74. The molecule has 0 heterocycles. The molecule has 0 saturated carbocycles. The van der Waals surface area contributed by atoms with Gasteiger partial charge in [-0.2, -0.15) is 0 Å². The minimum Gasteiger partial charge on any atom is -0.466 e. The summed E-state index contributed by atoms with van der Waals surface area (Å²) in [4.78, 5) is 14.3. The molecule has 0 aromatic heterocycles. The van der Waals surface area contributed by atoms with Crippen LogP contribution in [-0.2, 0) is 14.3 Å². The van der Waals surface area contributed by atoms with Crippen LogP contribution in [-0.4, -0.2) is 50.3 Å². The Hall–Kier alpha value is -0.610. The lowest BCUT2D eigenvalue weighted by atomic mass is 10.1. The van der Waals surface area contributed by atoms with Gasteiger partial charge in [-0.05, 0) is 51.7 Å². The monoisotopic (exact) mass is 542 g/mol. The van der Waals surface area contributed by atoms with E-state index in [-0.39, 0.29) is 5.97 Å². The molecule has 0 bridgehead atoms. The van der Waals surface area contributed by atoms with Crippen LogP contribution >= 0.6 is 0 Å². The van der Waals surface area contributed by atoms with E-state index in [4.69, 9.17) is 9.47 Å². The molecular formula is C34H71NO3. The number of esters is 1. The van der Waals surface area contributed by atoms with Crippen molar-refractivity contribution in [3.63, 3.8) is 0 Å². The van der Waals surface area contributed by atoms with Crippen molar-refractivity contribution in [3.05, 3.63) is 0 Å². The van der Waals surface area contributed by atoms with Gasteiger partial charge in [0.2, 0.25) is 0 Å². The highest BCUT2D eigenvalue weighted by molar-refractivity contribution is 5.69. The van der Waals surface area contributed by atoms with E-state index in [1.807, 2.05) is 7.11 Å². The van der Waals surface area contributed by atoms with Crippen LogP contribution in [0.1, 0.15) is 176 Å². The summed E-state index contributed by atoms with van der Waals surface area (Å²) in [5, 5.41) is 0. The lowest BCUT2D eigenvalue weighted by Gasteiger charge is -2.20. The van der Waals surface area contributed by atoms with Crippen molar-refractivity contribution in [1.29, 1.82) is 0 Å².